The number of carbonyl (C=O) groups excluding carboxylic acids is 2. The van der Waals surface area contributed by atoms with E-state index in [1.165, 1.54) is 29.2 Å². The first-order valence-corrected chi connectivity index (χ1v) is 8.81. The molecule has 1 unspecified atom stereocenters. The Morgan fingerprint density at radius 1 is 1.07 bits per heavy atom. The highest BCUT2D eigenvalue weighted by Crippen LogP contribution is 2.43. The number of rotatable bonds is 3. The van der Waals surface area contributed by atoms with E-state index in [4.69, 9.17) is 11.6 Å². The smallest absolute Gasteiger partial charge is 0.294 e. The minimum absolute atomic E-state index is 0.00839. The molecule has 0 spiro atoms. The van der Waals surface area contributed by atoms with Crippen LogP contribution >= 0.6 is 11.6 Å². The van der Waals surface area contributed by atoms with Gasteiger partial charge in [-0.3, -0.25) is 14.5 Å². The van der Waals surface area contributed by atoms with E-state index in [0.717, 1.165) is 0 Å². The van der Waals surface area contributed by atoms with Crippen molar-refractivity contribution in [1.82, 2.24) is 0 Å². The molecule has 0 aliphatic carbocycles. The number of benzene rings is 2. The summed E-state index contributed by atoms with van der Waals surface area (Å²) in [5.41, 5.74) is 0.199. The zero-order valence-electron chi connectivity index (χ0n) is 15.2. The zero-order valence-corrected chi connectivity index (χ0v) is 15.9. The van der Waals surface area contributed by atoms with E-state index in [0.29, 0.717) is 16.3 Å². The van der Waals surface area contributed by atoms with Gasteiger partial charge in [0.15, 0.2) is 11.5 Å². The summed E-state index contributed by atoms with van der Waals surface area (Å²) in [6.07, 6.45) is 0. The summed E-state index contributed by atoms with van der Waals surface area (Å²) in [6.45, 7) is 5.15. The van der Waals surface area contributed by atoms with Gasteiger partial charge in [-0.25, -0.2) is 4.39 Å². The summed E-state index contributed by atoms with van der Waals surface area (Å²) < 4.78 is 13.4. The molecule has 0 fully saturated rings. The summed E-state index contributed by atoms with van der Waals surface area (Å²) >= 11 is 5.93. The van der Waals surface area contributed by atoms with Crippen molar-refractivity contribution >= 4 is 29.0 Å². The lowest BCUT2D eigenvalue weighted by Gasteiger charge is -2.29. The SMILES string of the molecule is CC(C)(C)C(=O)C1=C(O)C(=O)N(c2ccc(Cl)cc2)C1c1ccc(F)cc1. The zero-order chi connectivity index (χ0) is 19.9. The molecule has 0 aromatic heterocycles. The van der Waals surface area contributed by atoms with Crippen LogP contribution in [0.5, 0.6) is 0 Å². The van der Waals surface area contributed by atoms with E-state index in [2.05, 4.69) is 0 Å². The van der Waals surface area contributed by atoms with Crippen molar-refractivity contribution in [1.29, 1.82) is 0 Å². The number of carbonyl (C=O) groups is 2. The Morgan fingerprint density at radius 3 is 2.15 bits per heavy atom. The van der Waals surface area contributed by atoms with Crippen LogP contribution in [-0.4, -0.2) is 16.8 Å². The van der Waals surface area contributed by atoms with Gasteiger partial charge in [0.25, 0.3) is 5.91 Å². The highest BCUT2D eigenvalue weighted by molar-refractivity contribution is 6.30. The fourth-order valence-corrected chi connectivity index (χ4v) is 3.20. The predicted octanol–water partition coefficient (Wildman–Crippen LogP) is 4.99. The van der Waals surface area contributed by atoms with Gasteiger partial charge in [0.1, 0.15) is 5.82 Å². The average Bonchev–Trinajstić information content (AvgIpc) is 2.86. The highest BCUT2D eigenvalue weighted by Gasteiger charge is 2.46. The first-order chi connectivity index (χ1) is 12.6. The van der Waals surface area contributed by atoms with Gasteiger partial charge in [-0.15, -0.1) is 0 Å². The maximum Gasteiger partial charge on any atom is 0.294 e. The standard InChI is InChI=1S/C21H19ClFNO3/c1-21(2,3)19(26)16-17(12-4-8-14(23)9-5-12)24(20(27)18(16)25)15-10-6-13(22)7-11-15/h4-11,17,25H,1-3H3. The van der Waals surface area contributed by atoms with Gasteiger partial charge in [-0.05, 0) is 42.0 Å². The van der Waals surface area contributed by atoms with Crippen molar-refractivity contribution < 1.29 is 19.1 Å². The summed E-state index contributed by atoms with van der Waals surface area (Å²) in [5, 5.41) is 11.0. The van der Waals surface area contributed by atoms with Crippen molar-refractivity contribution in [3.8, 4) is 0 Å². The Morgan fingerprint density at radius 2 is 1.63 bits per heavy atom. The molecular weight excluding hydrogens is 369 g/mol. The Labute approximate surface area is 161 Å². The number of anilines is 1. The Bertz CT molecular complexity index is 927. The number of Topliss-reactive ketones (excluding diaryl/α,β-unsaturated/α-hetero) is 1. The lowest BCUT2D eigenvalue weighted by atomic mass is 9.82. The lowest BCUT2D eigenvalue weighted by molar-refractivity contribution is -0.123. The Hall–Kier alpha value is -2.66. The van der Waals surface area contributed by atoms with Gasteiger partial charge in [-0.1, -0.05) is 44.5 Å². The summed E-state index contributed by atoms with van der Waals surface area (Å²) in [7, 11) is 0. The van der Waals surface area contributed by atoms with Crippen molar-refractivity contribution in [3.05, 3.63) is 76.3 Å². The topological polar surface area (TPSA) is 57.6 Å². The summed E-state index contributed by atoms with van der Waals surface area (Å²) in [4.78, 5) is 27.2. The summed E-state index contributed by atoms with van der Waals surface area (Å²) in [5.74, 6) is -2.05. The number of ketones is 1. The van der Waals surface area contributed by atoms with Crippen LogP contribution in [0.2, 0.25) is 5.02 Å². The van der Waals surface area contributed by atoms with Crippen LogP contribution in [-0.2, 0) is 9.59 Å². The maximum atomic E-state index is 13.4. The van der Waals surface area contributed by atoms with E-state index in [-0.39, 0.29) is 11.4 Å². The molecule has 4 nitrogen and oxygen atoms in total. The number of amides is 1. The molecule has 0 radical (unpaired) electrons. The number of hydrogen-bond donors (Lipinski definition) is 1. The Balaban J connectivity index is 2.19. The van der Waals surface area contributed by atoms with E-state index in [1.54, 1.807) is 45.0 Å². The molecule has 1 atom stereocenters. The van der Waals surface area contributed by atoms with E-state index in [9.17, 15) is 19.1 Å². The van der Waals surface area contributed by atoms with Crippen LogP contribution in [0.3, 0.4) is 0 Å². The van der Waals surface area contributed by atoms with Crippen LogP contribution in [0, 0.1) is 11.2 Å². The molecule has 0 bridgehead atoms. The number of halogens is 2. The van der Waals surface area contributed by atoms with Crippen LogP contribution in [0.4, 0.5) is 10.1 Å². The first-order valence-electron chi connectivity index (χ1n) is 8.44. The van der Waals surface area contributed by atoms with E-state index in [1.807, 2.05) is 0 Å². The van der Waals surface area contributed by atoms with E-state index >= 15 is 0 Å². The molecule has 1 amide bonds. The minimum atomic E-state index is -0.856. The van der Waals surface area contributed by atoms with Crippen LogP contribution in [0.1, 0.15) is 32.4 Å². The number of hydrogen-bond acceptors (Lipinski definition) is 3. The number of nitrogens with zero attached hydrogens (tertiary/aromatic N) is 1. The van der Waals surface area contributed by atoms with Crippen LogP contribution in [0.15, 0.2) is 59.9 Å². The average molecular weight is 388 g/mol. The third kappa shape index (κ3) is 3.47. The van der Waals surface area contributed by atoms with Gasteiger partial charge in [0.05, 0.1) is 11.6 Å². The number of aliphatic hydroxyl groups excluding tert-OH is 1. The maximum absolute atomic E-state index is 13.4. The molecule has 0 saturated heterocycles. The van der Waals surface area contributed by atoms with Gasteiger partial charge >= 0.3 is 0 Å². The Kier molecular flexibility index (Phi) is 4.82. The van der Waals surface area contributed by atoms with Gasteiger partial charge in [0.2, 0.25) is 0 Å². The second kappa shape index (κ2) is 6.82. The molecule has 2 aromatic carbocycles. The van der Waals surface area contributed by atoms with Crippen molar-refractivity contribution in [2.24, 2.45) is 5.41 Å². The quantitative estimate of drug-likeness (QED) is 0.806. The van der Waals surface area contributed by atoms with Crippen LogP contribution in [0.25, 0.3) is 0 Å². The highest BCUT2D eigenvalue weighted by atomic mass is 35.5. The molecule has 140 valence electrons. The van der Waals surface area contributed by atoms with Crippen molar-refractivity contribution in [3.63, 3.8) is 0 Å². The molecule has 0 saturated carbocycles. The monoisotopic (exact) mass is 387 g/mol. The molecule has 1 N–H and O–H groups in total. The molecular formula is C21H19ClFNO3. The normalized spacial score (nSPS) is 17.6. The van der Waals surface area contributed by atoms with Crippen LogP contribution < -0.4 is 4.90 Å². The lowest BCUT2D eigenvalue weighted by Crippen LogP contribution is -2.32. The largest absolute Gasteiger partial charge is 0.503 e. The van der Waals surface area contributed by atoms with Crippen molar-refractivity contribution in [2.45, 2.75) is 26.8 Å². The third-order valence-corrected chi connectivity index (χ3v) is 4.68. The van der Waals surface area contributed by atoms with Gasteiger partial charge in [-0.2, -0.15) is 0 Å². The third-order valence-electron chi connectivity index (χ3n) is 4.42. The van der Waals surface area contributed by atoms with Gasteiger partial charge < -0.3 is 5.11 Å². The molecule has 3 rings (SSSR count). The summed E-state index contributed by atoms with van der Waals surface area (Å²) in [6, 6.07) is 11.2. The number of aliphatic hydroxyl groups is 1. The van der Waals surface area contributed by atoms with Gasteiger partial charge in [0, 0.05) is 16.1 Å². The molecule has 1 aliphatic heterocycles. The fourth-order valence-electron chi connectivity index (χ4n) is 3.07. The first kappa shape index (κ1) is 19.1. The second-order valence-corrected chi connectivity index (χ2v) is 7.88. The molecule has 2 aromatic rings. The van der Waals surface area contributed by atoms with E-state index < -0.39 is 28.9 Å². The van der Waals surface area contributed by atoms with Crippen molar-refractivity contribution in [2.75, 3.05) is 4.90 Å². The molecule has 1 heterocycles. The predicted molar refractivity (Wildman–Crippen MR) is 102 cm³/mol. The molecule has 27 heavy (non-hydrogen) atoms. The second-order valence-electron chi connectivity index (χ2n) is 7.45. The fraction of sp³-hybridized carbons (Fsp3) is 0.238. The molecule has 1 aliphatic rings. The molecule has 6 heteroatoms. The minimum Gasteiger partial charge on any atom is -0.503 e.